The van der Waals surface area contributed by atoms with Gasteiger partial charge in [-0.25, -0.2) is 0 Å². The van der Waals surface area contributed by atoms with E-state index in [1.54, 1.807) is 25.3 Å². The molecule has 0 bridgehead atoms. The molecule has 0 saturated carbocycles. The third-order valence-corrected chi connectivity index (χ3v) is 2.02. The van der Waals surface area contributed by atoms with E-state index in [9.17, 15) is 0 Å². The fourth-order valence-electron chi connectivity index (χ4n) is 1.12. The molecule has 1 atom stereocenters. The molecule has 14 heavy (non-hydrogen) atoms. The predicted molar refractivity (Wildman–Crippen MR) is 57.8 cm³/mol. The van der Waals surface area contributed by atoms with Crippen LogP contribution in [-0.2, 0) is 4.74 Å². The number of hydrogen-bond acceptors (Lipinski definition) is 3. The van der Waals surface area contributed by atoms with E-state index >= 15 is 0 Å². The highest BCUT2D eigenvalue weighted by Gasteiger charge is 2.09. The first kappa shape index (κ1) is 11.1. The van der Waals surface area contributed by atoms with Crippen molar-refractivity contribution in [1.82, 2.24) is 0 Å². The smallest absolute Gasteiger partial charge is 0.161 e. The molecule has 1 aromatic rings. The average Bonchev–Trinajstić information content (AvgIpc) is 2.12. The van der Waals surface area contributed by atoms with Crippen LogP contribution >= 0.6 is 11.6 Å². The lowest BCUT2D eigenvalue weighted by Crippen LogP contribution is -2.18. The molecule has 2 N–H and O–H groups in total. The van der Waals surface area contributed by atoms with Crippen LogP contribution in [0, 0.1) is 0 Å². The first-order valence-electron chi connectivity index (χ1n) is 4.34. The van der Waals surface area contributed by atoms with E-state index in [0.29, 0.717) is 23.1 Å². The largest absolute Gasteiger partial charge is 0.485 e. The molecule has 1 rings (SSSR count). The number of hydrogen-bond donors (Lipinski definition) is 1. The summed E-state index contributed by atoms with van der Waals surface area (Å²) < 4.78 is 10.5. The molecule has 4 heteroatoms. The zero-order valence-electron chi connectivity index (χ0n) is 8.29. The molecule has 1 aromatic carbocycles. The summed E-state index contributed by atoms with van der Waals surface area (Å²) in [5.74, 6) is 0.527. The van der Waals surface area contributed by atoms with Crippen molar-refractivity contribution in [3.63, 3.8) is 0 Å². The van der Waals surface area contributed by atoms with Gasteiger partial charge in [-0.05, 0) is 19.1 Å². The van der Waals surface area contributed by atoms with E-state index < -0.39 is 0 Å². The minimum Gasteiger partial charge on any atom is -0.485 e. The Morgan fingerprint density at radius 1 is 1.50 bits per heavy atom. The molecular formula is C10H14ClNO2. The molecule has 78 valence electrons. The Bertz CT molecular complexity index is 284. The number of anilines is 1. The van der Waals surface area contributed by atoms with Crippen LogP contribution < -0.4 is 10.5 Å². The van der Waals surface area contributed by atoms with Crippen LogP contribution in [-0.4, -0.2) is 19.8 Å². The maximum absolute atomic E-state index is 5.93. The fraction of sp³-hybridized carbons (Fsp3) is 0.400. The summed E-state index contributed by atoms with van der Waals surface area (Å²) in [4.78, 5) is 0. The molecule has 0 heterocycles. The topological polar surface area (TPSA) is 44.5 Å². The van der Waals surface area contributed by atoms with Crippen LogP contribution in [0.3, 0.4) is 0 Å². The Kier molecular flexibility index (Phi) is 4.04. The van der Waals surface area contributed by atoms with E-state index in [4.69, 9.17) is 26.8 Å². The highest BCUT2D eigenvalue weighted by Crippen LogP contribution is 2.31. The number of methoxy groups -OCH3 is 1. The van der Waals surface area contributed by atoms with Gasteiger partial charge in [-0.3, -0.25) is 0 Å². The summed E-state index contributed by atoms with van der Waals surface area (Å²) in [5.41, 5.74) is 6.26. The molecule has 0 saturated heterocycles. The van der Waals surface area contributed by atoms with Crippen molar-refractivity contribution < 1.29 is 9.47 Å². The van der Waals surface area contributed by atoms with E-state index in [1.807, 2.05) is 6.92 Å². The second-order valence-electron chi connectivity index (χ2n) is 3.04. The van der Waals surface area contributed by atoms with Crippen LogP contribution in [0.4, 0.5) is 5.69 Å². The van der Waals surface area contributed by atoms with Gasteiger partial charge >= 0.3 is 0 Å². The lowest BCUT2D eigenvalue weighted by atomic mass is 10.3. The number of nitrogen functional groups attached to an aromatic ring is 1. The second-order valence-corrected chi connectivity index (χ2v) is 3.45. The Labute approximate surface area is 88.8 Å². The molecule has 3 nitrogen and oxygen atoms in total. The minimum atomic E-state index is -0.0674. The maximum Gasteiger partial charge on any atom is 0.161 e. The summed E-state index contributed by atoms with van der Waals surface area (Å²) in [6, 6.07) is 5.28. The van der Waals surface area contributed by atoms with Gasteiger partial charge in [0, 0.05) is 7.11 Å². The average molecular weight is 216 g/mol. The van der Waals surface area contributed by atoms with Crippen LogP contribution in [0.15, 0.2) is 18.2 Å². The molecule has 0 amide bonds. The highest BCUT2D eigenvalue weighted by molar-refractivity contribution is 6.32. The number of benzene rings is 1. The van der Waals surface area contributed by atoms with Gasteiger partial charge in [0.25, 0.3) is 0 Å². The molecule has 0 aliphatic heterocycles. The van der Waals surface area contributed by atoms with Crippen molar-refractivity contribution in [2.45, 2.75) is 13.0 Å². The molecule has 0 radical (unpaired) electrons. The Hall–Kier alpha value is -0.930. The van der Waals surface area contributed by atoms with Crippen molar-refractivity contribution in [1.29, 1.82) is 0 Å². The van der Waals surface area contributed by atoms with Crippen molar-refractivity contribution in [2.24, 2.45) is 0 Å². The minimum absolute atomic E-state index is 0.0674. The van der Waals surface area contributed by atoms with Crippen LogP contribution in [0.1, 0.15) is 6.92 Å². The molecule has 0 aliphatic rings. The van der Waals surface area contributed by atoms with Gasteiger partial charge < -0.3 is 15.2 Å². The zero-order chi connectivity index (χ0) is 10.6. The van der Waals surface area contributed by atoms with Crippen LogP contribution in [0.2, 0.25) is 5.02 Å². The summed E-state index contributed by atoms with van der Waals surface area (Å²) in [6.45, 7) is 2.40. The number of rotatable bonds is 4. The van der Waals surface area contributed by atoms with Gasteiger partial charge in [0.15, 0.2) is 5.75 Å². The number of nitrogens with two attached hydrogens (primary N) is 1. The van der Waals surface area contributed by atoms with Crippen molar-refractivity contribution in [2.75, 3.05) is 19.5 Å². The molecular weight excluding hydrogens is 202 g/mol. The summed E-state index contributed by atoms with van der Waals surface area (Å²) in [5, 5.41) is 0.521. The van der Waals surface area contributed by atoms with E-state index in [2.05, 4.69) is 0 Å². The summed E-state index contributed by atoms with van der Waals surface area (Å²) >= 11 is 5.93. The Morgan fingerprint density at radius 3 is 2.79 bits per heavy atom. The lowest BCUT2D eigenvalue weighted by Gasteiger charge is -2.16. The van der Waals surface area contributed by atoms with Gasteiger partial charge in [0.05, 0.1) is 17.3 Å². The van der Waals surface area contributed by atoms with Crippen molar-refractivity contribution in [3.05, 3.63) is 23.2 Å². The van der Waals surface area contributed by atoms with Gasteiger partial charge in [0.2, 0.25) is 0 Å². The molecule has 0 aliphatic carbocycles. The Balaban J connectivity index is 2.75. The fourth-order valence-corrected chi connectivity index (χ4v) is 1.35. The predicted octanol–water partition coefficient (Wildman–Crippen LogP) is 2.34. The van der Waals surface area contributed by atoms with Gasteiger partial charge in [0.1, 0.15) is 6.10 Å². The molecule has 0 aromatic heterocycles. The first-order chi connectivity index (χ1) is 6.65. The quantitative estimate of drug-likeness (QED) is 0.785. The standard InChI is InChI=1S/C10H14ClNO2/c1-7(6-13-2)14-10-8(11)4-3-5-9(10)12/h3-5,7H,6,12H2,1-2H3/t7-/m0/s1. The SMILES string of the molecule is COC[C@H](C)Oc1c(N)cccc1Cl. The molecule has 0 unspecified atom stereocenters. The van der Waals surface area contributed by atoms with E-state index in [-0.39, 0.29) is 6.10 Å². The number of para-hydroxylation sites is 1. The number of halogens is 1. The highest BCUT2D eigenvalue weighted by atomic mass is 35.5. The van der Waals surface area contributed by atoms with Crippen molar-refractivity contribution >= 4 is 17.3 Å². The maximum atomic E-state index is 5.93. The van der Waals surface area contributed by atoms with Crippen LogP contribution in [0.5, 0.6) is 5.75 Å². The van der Waals surface area contributed by atoms with Gasteiger partial charge in [-0.2, -0.15) is 0 Å². The third kappa shape index (κ3) is 2.79. The monoisotopic (exact) mass is 215 g/mol. The third-order valence-electron chi connectivity index (χ3n) is 1.72. The number of ether oxygens (including phenoxy) is 2. The summed E-state index contributed by atoms with van der Waals surface area (Å²) in [7, 11) is 1.62. The Morgan fingerprint density at radius 2 is 2.21 bits per heavy atom. The van der Waals surface area contributed by atoms with Crippen molar-refractivity contribution in [3.8, 4) is 5.75 Å². The first-order valence-corrected chi connectivity index (χ1v) is 4.72. The lowest BCUT2D eigenvalue weighted by molar-refractivity contribution is 0.0926. The van der Waals surface area contributed by atoms with Gasteiger partial charge in [-0.15, -0.1) is 0 Å². The van der Waals surface area contributed by atoms with Gasteiger partial charge in [-0.1, -0.05) is 17.7 Å². The van der Waals surface area contributed by atoms with E-state index in [0.717, 1.165) is 0 Å². The van der Waals surface area contributed by atoms with E-state index in [1.165, 1.54) is 0 Å². The zero-order valence-corrected chi connectivity index (χ0v) is 9.04. The molecule has 0 spiro atoms. The summed E-state index contributed by atoms with van der Waals surface area (Å²) in [6.07, 6.45) is -0.0674. The van der Waals surface area contributed by atoms with Crippen LogP contribution in [0.25, 0.3) is 0 Å². The molecule has 0 fully saturated rings. The second kappa shape index (κ2) is 5.08. The normalized spacial score (nSPS) is 12.5.